The summed E-state index contributed by atoms with van der Waals surface area (Å²) in [5, 5.41) is 18.5. The third kappa shape index (κ3) is 3.56. The highest BCUT2D eigenvalue weighted by Gasteiger charge is 2.36. The number of hydrogen-bond donors (Lipinski definition) is 1. The summed E-state index contributed by atoms with van der Waals surface area (Å²) in [5.74, 6) is 0.464. The molecule has 0 aliphatic carbocycles. The molecule has 1 aromatic heterocycles. The summed E-state index contributed by atoms with van der Waals surface area (Å²) >= 11 is 0. The summed E-state index contributed by atoms with van der Waals surface area (Å²) < 4.78 is 7.15. The van der Waals surface area contributed by atoms with Crippen molar-refractivity contribution in [3.05, 3.63) is 42.2 Å². The molecule has 128 valence electrons. The maximum atomic E-state index is 12.9. The van der Waals surface area contributed by atoms with Crippen LogP contribution >= 0.6 is 0 Å². The number of rotatable bonds is 5. The normalized spacial score (nSPS) is 20.8. The molecule has 1 saturated heterocycles. The molecule has 0 bridgehead atoms. The number of likely N-dealkylation sites (tertiary alicyclic amines) is 1. The van der Waals surface area contributed by atoms with Crippen LogP contribution in [0, 0.1) is 0 Å². The van der Waals surface area contributed by atoms with Crippen LogP contribution in [-0.4, -0.2) is 56.2 Å². The second kappa shape index (κ2) is 7.00. The second-order valence-electron chi connectivity index (χ2n) is 6.08. The van der Waals surface area contributed by atoms with Gasteiger partial charge in [0.1, 0.15) is 11.4 Å². The molecule has 1 unspecified atom stereocenters. The van der Waals surface area contributed by atoms with Crippen molar-refractivity contribution in [2.75, 3.05) is 19.7 Å². The number of carbonyl (C=O) groups excluding carboxylic acids is 1. The Morgan fingerprint density at radius 1 is 1.42 bits per heavy atom. The number of ether oxygens (including phenoxy) is 1. The van der Waals surface area contributed by atoms with Gasteiger partial charge in [-0.2, -0.15) is 0 Å². The van der Waals surface area contributed by atoms with Crippen LogP contribution in [0.3, 0.4) is 0 Å². The maximum absolute atomic E-state index is 12.9. The van der Waals surface area contributed by atoms with Gasteiger partial charge in [0.2, 0.25) is 0 Å². The Bertz CT molecular complexity index is 689. The molecule has 1 fully saturated rings. The van der Waals surface area contributed by atoms with Crippen LogP contribution in [0.2, 0.25) is 0 Å². The lowest BCUT2D eigenvalue weighted by Crippen LogP contribution is -2.52. The topological polar surface area (TPSA) is 80.5 Å². The van der Waals surface area contributed by atoms with E-state index >= 15 is 0 Å². The molecule has 24 heavy (non-hydrogen) atoms. The number of aromatic nitrogens is 3. The fourth-order valence-electron chi connectivity index (χ4n) is 3.13. The number of β-amino-alcohol motifs (C(OH)–C–C–N with tert-alkyl or cyclic N) is 1. The molecule has 0 spiro atoms. The standard InChI is InChI=1S/C17H22N4O3/c1-2-24-15-7-4-3-6-14(15)16(22)20-10-5-8-17(23,12-20)13-21-11-9-18-19-21/h3-4,6-7,9,11,23H,2,5,8,10,12-13H2,1H3. The van der Waals surface area contributed by atoms with Crippen molar-refractivity contribution in [2.24, 2.45) is 0 Å². The number of amides is 1. The van der Waals surface area contributed by atoms with E-state index in [1.807, 2.05) is 19.1 Å². The van der Waals surface area contributed by atoms with Crippen molar-refractivity contribution in [3.8, 4) is 5.75 Å². The van der Waals surface area contributed by atoms with Gasteiger partial charge in [-0.3, -0.25) is 4.79 Å². The van der Waals surface area contributed by atoms with Gasteiger partial charge < -0.3 is 14.7 Å². The number of benzene rings is 1. The first kappa shape index (κ1) is 16.4. The number of piperidine rings is 1. The average Bonchev–Trinajstić information content (AvgIpc) is 3.07. The molecular weight excluding hydrogens is 308 g/mol. The molecule has 7 heteroatoms. The zero-order chi connectivity index (χ0) is 17.0. The van der Waals surface area contributed by atoms with Gasteiger partial charge in [0.05, 0.1) is 31.5 Å². The van der Waals surface area contributed by atoms with Crippen molar-refractivity contribution >= 4 is 5.91 Å². The lowest BCUT2D eigenvalue weighted by molar-refractivity contribution is -0.0388. The summed E-state index contributed by atoms with van der Waals surface area (Å²) in [7, 11) is 0. The van der Waals surface area contributed by atoms with Crippen LogP contribution in [0.5, 0.6) is 5.75 Å². The third-order valence-electron chi connectivity index (χ3n) is 4.19. The smallest absolute Gasteiger partial charge is 0.257 e. The minimum absolute atomic E-state index is 0.115. The zero-order valence-electron chi connectivity index (χ0n) is 13.8. The molecule has 2 heterocycles. The zero-order valence-corrected chi connectivity index (χ0v) is 13.8. The first-order valence-electron chi connectivity index (χ1n) is 8.19. The number of nitrogens with zero attached hydrogens (tertiary/aromatic N) is 4. The fraction of sp³-hybridized carbons (Fsp3) is 0.471. The summed E-state index contributed by atoms with van der Waals surface area (Å²) in [6.45, 7) is 3.61. The minimum atomic E-state index is -0.998. The Kier molecular flexibility index (Phi) is 4.80. The molecule has 1 N–H and O–H groups in total. The third-order valence-corrected chi connectivity index (χ3v) is 4.19. The van der Waals surface area contributed by atoms with Gasteiger partial charge >= 0.3 is 0 Å². The maximum Gasteiger partial charge on any atom is 0.257 e. The van der Waals surface area contributed by atoms with E-state index in [4.69, 9.17) is 4.74 Å². The number of aliphatic hydroxyl groups is 1. The lowest BCUT2D eigenvalue weighted by atomic mass is 9.92. The number of para-hydroxylation sites is 1. The summed E-state index contributed by atoms with van der Waals surface area (Å²) in [6.07, 6.45) is 4.66. The van der Waals surface area contributed by atoms with E-state index in [1.54, 1.807) is 34.1 Å². The Labute approximate surface area is 140 Å². The monoisotopic (exact) mass is 330 g/mol. The van der Waals surface area contributed by atoms with Gasteiger partial charge in [-0.25, -0.2) is 4.68 Å². The van der Waals surface area contributed by atoms with Crippen molar-refractivity contribution in [2.45, 2.75) is 31.9 Å². The van der Waals surface area contributed by atoms with Crippen LogP contribution in [0.25, 0.3) is 0 Å². The highest BCUT2D eigenvalue weighted by atomic mass is 16.5. The number of carbonyl (C=O) groups is 1. The van der Waals surface area contributed by atoms with Crippen molar-refractivity contribution in [1.29, 1.82) is 0 Å². The summed E-state index contributed by atoms with van der Waals surface area (Å²) in [4.78, 5) is 14.6. The molecular formula is C17H22N4O3. The summed E-state index contributed by atoms with van der Waals surface area (Å²) in [5.41, 5.74) is -0.466. The lowest BCUT2D eigenvalue weighted by Gasteiger charge is -2.39. The van der Waals surface area contributed by atoms with Crippen LogP contribution in [0.1, 0.15) is 30.1 Å². The van der Waals surface area contributed by atoms with Crippen LogP contribution in [0.4, 0.5) is 0 Å². The molecule has 1 atom stereocenters. The van der Waals surface area contributed by atoms with E-state index in [1.165, 1.54) is 0 Å². The molecule has 2 aromatic rings. The number of hydrogen-bond acceptors (Lipinski definition) is 5. The first-order valence-corrected chi connectivity index (χ1v) is 8.19. The highest BCUT2D eigenvalue weighted by Crippen LogP contribution is 2.26. The highest BCUT2D eigenvalue weighted by molar-refractivity contribution is 5.97. The Hall–Kier alpha value is -2.41. The first-order chi connectivity index (χ1) is 11.6. The Balaban J connectivity index is 1.76. The summed E-state index contributed by atoms with van der Waals surface area (Å²) in [6, 6.07) is 7.22. The van der Waals surface area contributed by atoms with Crippen molar-refractivity contribution < 1.29 is 14.6 Å². The van der Waals surface area contributed by atoms with Gasteiger partial charge in [0.25, 0.3) is 5.91 Å². The molecule has 1 amide bonds. The largest absolute Gasteiger partial charge is 0.493 e. The van der Waals surface area contributed by atoms with Crippen molar-refractivity contribution in [3.63, 3.8) is 0 Å². The van der Waals surface area contributed by atoms with Crippen LogP contribution < -0.4 is 4.74 Å². The molecule has 0 saturated carbocycles. The van der Waals surface area contributed by atoms with Gasteiger partial charge in [-0.1, -0.05) is 17.3 Å². The quantitative estimate of drug-likeness (QED) is 0.895. The van der Waals surface area contributed by atoms with Crippen molar-refractivity contribution in [1.82, 2.24) is 19.9 Å². The van der Waals surface area contributed by atoms with E-state index in [0.29, 0.717) is 37.4 Å². The molecule has 1 aliphatic rings. The molecule has 7 nitrogen and oxygen atoms in total. The molecule has 1 aromatic carbocycles. The SMILES string of the molecule is CCOc1ccccc1C(=O)N1CCCC(O)(Cn2ccnn2)C1. The van der Waals surface area contributed by atoms with E-state index in [2.05, 4.69) is 10.3 Å². The average molecular weight is 330 g/mol. The van der Waals surface area contributed by atoms with E-state index < -0.39 is 5.60 Å². The predicted octanol–water partition coefficient (Wildman–Crippen LogP) is 1.34. The van der Waals surface area contributed by atoms with Gasteiger partial charge in [-0.15, -0.1) is 5.10 Å². The van der Waals surface area contributed by atoms with Crippen LogP contribution in [-0.2, 0) is 6.54 Å². The van der Waals surface area contributed by atoms with Gasteiger partial charge in [0.15, 0.2) is 0 Å². The Morgan fingerprint density at radius 2 is 2.25 bits per heavy atom. The molecule has 3 rings (SSSR count). The van der Waals surface area contributed by atoms with Gasteiger partial charge in [0, 0.05) is 12.7 Å². The fourth-order valence-corrected chi connectivity index (χ4v) is 3.13. The van der Waals surface area contributed by atoms with E-state index in [9.17, 15) is 9.90 Å². The Morgan fingerprint density at radius 3 is 3.00 bits per heavy atom. The molecule has 1 aliphatic heterocycles. The molecule has 0 radical (unpaired) electrons. The van der Waals surface area contributed by atoms with E-state index in [0.717, 1.165) is 6.42 Å². The predicted molar refractivity (Wildman–Crippen MR) is 87.7 cm³/mol. The second-order valence-corrected chi connectivity index (χ2v) is 6.08. The van der Waals surface area contributed by atoms with E-state index in [-0.39, 0.29) is 12.5 Å². The van der Waals surface area contributed by atoms with Gasteiger partial charge in [-0.05, 0) is 31.9 Å². The minimum Gasteiger partial charge on any atom is -0.493 e. The van der Waals surface area contributed by atoms with Crippen LogP contribution in [0.15, 0.2) is 36.7 Å².